The molecule has 4 heteroatoms. The van der Waals surface area contributed by atoms with Crippen LogP contribution in [0.1, 0.15) is 45.7 Å². The highest BCUT2D eigenvalue weighted by molar-refractivity contribution is 6.62. The standard InChI is InChI=1S/C16H25BO3/c1-11-7-8-14(10-13(11)9-12(2)18)17-19-15(3,4)16(5,6)20-17/h7-8,10,12,18H,9H2,1-6H3. The van der Waals surface area contributed by atoms with Crippen molar-refractivity contribution in [2.75, 3.05) is 0 Å². The monoisotopic (exact) mass is 276 g/mol. The summed E-state index contributed by atoms with van der Waals surface area (Å²) < 4.78 is 12.1. The third-order valence-corrected chi connectivity index (χ3v) is 4.41. The fourth-order valence-corrected chi connectivity index (χ4v) is 2.36. The average Bonchev–Trinajstić information content (AvgIpc) is 2.50. The van der Waals surface area contributed by atoms with E-state index in [-0.39, 0.29) is 24.4 Å². The molecule has 1 unspecified atom stereocenters. The molecule has 3 nitrogen and oxygen atoms in total. The summed E-state index contributed by atoms with van der Waals surface area (Å²) >= 11 is 0. The molecule has 1 heterocycles. The smallest absolute Gasteiger partial charge is 0.399 e. The second-order valence-corrected chi connectivity index (χ2v) is 6.83. The Hall–Kier alpha value is -0.835. The molecule has 1 fully saturated rings. The minimum absolute atomic E-state index is 0.326. The molecule has 0 radical (unpaired) electrons. The van der Waals surface area contributed by atoms with Gasteiger partial charge < -0.3 is 14.4 Å². The lowest BCUT2D eigenvalue weighted by molar-refractivity contribution is 0.00578. The van der Waals surface area contributed by atoms with Crippen molar-refractivity contribution < 1.29 is 14.4 Å². The molecule has 1 aromatic carbocycles. The summed E-state index contributed by atoms with van der Waals surface area (Å²) in [6.07, 6.45) is 0.307. The molecule has 0 bridgehead atoms. The van der Waals surface area contributed by atoms with Gasteiger partial charge in [-0.2, -0.15) is 0 Å². The van der Waals surface area contributed by atoms with E-state index in [4.69, 9.17) is 9.31 Å². The van der Waals surface area contributed by atoms with E-state index in [0.29, 0.717) is 6.42 Å². The highest BCUT2D eigenvalue weighted by Crippen LogP contribution is 2.36. The van der Waals surface area contributed by atoms with E-state index in [0.717, 1.165) is 11.0 Å². The van der Waals surface area contributed by atoms with Crippen molar-refractivity contribution in [1.82, 2.24) is 0 Å². The Morgan fingerprint density at radius 1 is 1.15 bits per heavy atom. The molecule has 2 rings (SSSR count). The van der Waals surface area contributed by atoms with Gasteiger partial charge in [-0.25, -0.2) is 0 Å². The molecule has 0 aliphatic carbocycles. The average molecular weight is 276 g/mol. The van der Waals surface area contributed by atoms with Crippen molar-refractivity contribution in [3.8, 4) is 0 Å². The largest absolute Gasteiger partial charge is 0.494 e. The predicted molar refractivity (Wildman–Crippen MR) is 82.3 cm³/mol. The summed E-state index contributed by atoms with van der Waals surface area (Å²) in [6, 6.07) is 6.20. The van der Waals surface area contributed by atoms with Crippen LogP contribution in [0.15, 0.2) is 18.2 Å². The third-order valence-electron chi connectivity index (χ3n) is 4.41. The number of benzene rings is 1. The van der Waals surface area contributed by atoms with Crippen LogP contribution in [0.4, 0.5) is 0 Å². The van der Waals surface area contributed by atoms with Crippen molar-refractivity contribution in [2.45, 2.75) is 65.3 Å². The summed E-state index contributed by atoms with van der Waals surface area (Å²) in [7, 11) is -0.339. The molecule has 0 saturated carbocycles. The van der Waals surface area contributed by atoms with Gasteiger partial charge in [0.1, 0.15) is 0 Å². The van der Waals surface area contributed by atoms with E-state index < -0.39 is 0 Å². The van der Waals surface area contributed by atoms with Gasteiger partial charge >= 0.3 is 7.12 Å². The lowest BCUT2D eigenvalue weighted by atomic mass is 9.77. The second-order valence-electron chi connectivity index (χ2n) is 6.83. The molecule has 0 spiro atoms. The van der Waals surface area contributed by atoms with Crippen LogP contribution in [0.5, 0.6) is 0 Å². The number of hydrogen-bond donors (Lipinski definition) is 1. The van der Waals surface area contributed by atoms with Crippen molar-refractivity contribution >= 4 is 12.6 Å². The Kier molecular flexibility index (Phi) is 4.02. The summed E-state index contributed by atoms with van der Waals surface area (Å²) in [5.41, 5.74) is 2.70. The molecule has 0 aromatic heterocycles. The van der Waals surface area contributed by atoms with E-state index in [2.05, 4.69) is 46.8 Å². The summed E-state index contributed by atoms with van der Waals surface area (Å²) in [5, 5.41) is 9.59. The van der Waals surface area contributed by atoms with E-state index in [1.54, 1.807) is 6.92 Å². The summed E-state index contributed by atoms with van der Waals surface area (Å²) in [6.45, 7) is 12.1. The van der Waals surface area contributed by atoms with Gasteiger partial charge in [0.15, 0.2) is 0 Å². The van der Waals surface area contributed by atoms with Gasteiger partial charge in [0.2, 0.25) is 0 Å². The van der Waals surface area contributed by atoms with Crippen molar-refractivity contribution in [3.63, 3.8) is 0 Å². The number of rotatable bonds is 3. The first-order chi connectivity index (χ1) is 9.12. The molecule has 0 amide bonds. The molecule has 110 valence electrons. The Labute approximate surface area is 122 Å². The van der Waals surface area contributed by atoms with E-state index >= 15 is 0 Å². The fraction of sp³-hybridized carbons (Fsp3) is 0.625. The predicted octanol–water partition coefficient (Wildman–Crippen LogP) is 2.22. The molecule has 20 heavy (non-hydrogen) atoms. The molecule has 1 N–H and O–H groups in total. The number of aliphatic hydroxyl groups excluding tert-OH is 1. The Morgan fingerprint density at radius 2 is 1.70 bits per heavy atom. The molecule has 1 saturated heterocycles. The number of aryl methyl sites for hydroxylation is 1. The maximum absolute atomic E-state index is 9.59. The van der Waals surface area contributed by atoms with Gasteiger partial charge in [0, 0.05) is 0 Å². The molecular weight excluding hydrogens is 251 g/mol. The first kappa shape index (κ1) is 15.6. The molecule has 1 aromatic rings. The zero-order valence-corrected chi connectivity index (χ0v) is 13.4. The zero-order valence-electron chi connectivity index (χ0n) is 13.4. The Bertz CT molecular complexity index is 478. The van der Waals surface area contributed by atoms with Crippen molar-refractivity contribution in [1.29, 1.82) is 0 Å². The highest BCUT2D eigenvalue weighted by Gasteiger charge is 2.51. The van der Waals surface area contributed by atoms with Crippen LogP contribution in [0.3, 0.4) is 0 Å². The number of aliphatic hydroxyl groups is 1. The van der Waals surface area contributed by atoms with Crippen LogP contribution in [-0.2, 0) is 15.7 Å². The van der Waals surface area contributed by atoms with Crippen LogP contribution in [0, 0.1) is 6.92 Å². The normalized spacial score (nSPS) is 22.1. The van der Waals surface area contributed by atoms with Gasteiger partial charge in [-0.1, -0.05) is 18.2 Å². The Balaban J connectivity index is 2.27. The minimum atomic E-state index is -0.345. The quantitative estimate of drug-likeness (QED) is 0.860. The third kappa shape index (κ3) is 2.92. The van der Waals surface area contributed by atoms with Gasteiger partial charge in [-0.15, -0.1) is 0 Å². The lowest BCUT2D eigenvalue weighted by Gasteiger charge is -2.32. The van der Waals surface area contributed by atoms with Crippen molar-refractivity contribution in [3.05, 3.63) is 29.3 Å². The molecular formula is C16H25BO3. The SMILES string of the molecule is Cc1ccc(B2OC(C)(C)C(C)(C)O2)cc1CC(C)O. The second kappa shape index (κ2) is 5.17. The summed E-state index contributed by atoms with van der Waals surface area (Å²) in [5.74, 6) is 0. The van der Waals surface area contributed by atoms with Gasteiger partial charge in [0.25, 0.3) is 0 Å². The lowest BCUT2D eigenvalue weighted by Crippen LogP contribution is -2.41. The van der Waals surface area contributed by atoms with Crippen LogP contribution in [0.2, 0.25) is 0 Å². The topological polar surface area (TPSA) is 38.7 Å². The summed E-state index contributed by atoms with van der Waals surface area (Å²) in [4.78, 5) is 0. The zero-order chi connectivity index (χ0) is 15.1. The fourth-order valence-electron chi connectivity index (χ4n) is 2.36. The number of hydrogen-bond acceptors (Lipinski definition) is 3. The Morgan fingerprint density at radius 3 is 2.20 bits per heavy atom. The van der Waals surface area contributed by atoms with Crippen LogP contribution >= 0.6 is 0 Å². The van der Waals surface area contributed by atoms with Gasteiger partial charge in [-0.05, 0) is 64.6 Å². The molecule has 1 atom stereocenters. The van der Waals surface area contributed by atoms with E-state index in [9.17, 15) is 5.11 Å². The van der Waals surface area contributed by atoms with E-state index in [1.165, 1.54) is 5.56 Å². The van der Waals surface area contributed by atoms with Gasteiger partial charge in [0.05, 0.1) is 17.3 Å². The van der Waals surface area contributed by atoms with E-state index in [1.807, 2.05) is 6.07 Å². The molecule has 1 aliphatic rings. The maximum Gasteiger partial charge on any atom is 0.494 e. The van der Waals surface area contributed by atoms with Gasteiger partial charge in [-0.3, -0.25) is 0 Å². The minimum Gasteiger partial charge on any atom is -0.399 e. The molecule has 1 aliphatic heterocycles. The van der Waals surface area contributed by atoms with Crippen LogP contribution in [-0.4, -0.2) is 29.5 Å². The van der Waals surface area contributed by atoms with Crippen LogP contribution in [0.25, 0.3) is 0 Å². The maximum atomic E-state index is 9.59. The first-order valence-electron chi connectivity index (χ1n) is 7.25. The van der Waals surface area contributed by atoms with Crippen molar-refractivity contribution in [2.24, 2.45) is 0 Å². The first-order valence-corrected chi connectivity index (χ1v) is 7.25. The highest BCUT2D eigenvalue weighted by atomic mass is 16.7. The van der Waals surface area contributed by atoms with Crippen LogP contribution < -0.4 is 5.46 Å².